The van der Waals surface area contributed by atoms with Gasteiger partial charge in [-0.15, -0.1) is 6.58 Å². The molecule has 7 rings (SSSR count). The van der Waals surface area contributed by atoms with Crippen LogP contribution in [-0.4, -0.2) is 113 Å². The Labute approximate surface area is 350 Å². The van der Waals surface area contributed by atoms with E-state index in [1.165, 1.54) is 11.0 Å². The number of nitrogens with one attached hydrogen (secondary N) is 1. The van der Waals surface area contributed by atoms with Crippen molar-refractivity contribution in [3.8, 4) is 22.9 Å². The maximum atomic E-state index is 14.9. The van der Waals surface area contributed by atoms with Crippen molar-refractivity contribution >= 4 is 45.8 Å². The molecule has 2 saturated heterocycles. The number of ether oxygens (including phenoxy) is 2. The van der Waals surface area contributed by atoms with Crippen LogP contribution in [0.3, 0.4) is 0 Å². The summed E-state index contributed by atoms with van der Waals surface area (Å²) in [5.74, 6) is -6.11. The van der Waals surface area contributed by atoms with Gasteiger partial charge in [-0.05, 0) is 62.3 Å². The van der Waals surface area contributed by atoms with E-state index in [0.29, 0.717) is 46.6 Å². The van der Waals surface area contributed by atoms with E-state index in [1.54, 1.807) is 52.3 Å². The van der Waals surface area contributed by atoms with Gasteiger partial charge in [0.05, 0.1) is 43.0 Å². The van der Waals surface area contributed by atoms with Crippen LogP contribution in [-0.2, 0) is 30.4 Å². The fourth-order valence-corrected chi connectivity index (χ4v) is 9.30. The molecule has 2 aliphatic heterocycles. The van der Waals surface area contributed by atoms with Gasteiger partial charge in [0.25, 0.3) is 23.1 Å². The van der Waals surface area contributed by atoms with Gasteiger partial charge in [0.2, 0.25) is 17.7 Å². The molecule has 2 unspecified atom stereocenters. The molecule has 3 aromatic rings. The van der Waals surface area contributed by atoms with E-state index in [4.69, 9.17) is 14.5 Å². The Morgan fingerprint density at radius 1 is 1.15 bits per heavy atom. The third-order valence-corrected chi connectivity index (χ3v) is 13.0. The van der Waals surface area contributed by atoms with Crippen molar-refractivity contribution in [1.29, 1.82) is 0 Å². The number of rotatable bonds is 13. The normalized spacial score (nSPS) is 24.6. The lowest BCUT2D eigenvalue weighted by Gasteiger charge is -2.37. The van der Waals surface area contributed by atoms with Crippen LogP contribution in [0.1, 0.15) is 71.3 Å². The predicted molar refractivity (Wildman–Crippen MR) is 219 cm³/mol. The molecule has 4 amide bonds. The minimum absolute atomic E-state index is 0.0279. The van der Waals surface area contributed by atoms with Crippen molar-refractivity contribution in [2.24, 2.45) is 17.3 Å². The number of hydrogen-bond acceptors (Lipinski definition) is 9. The number of halogens is 2. The highest BCUT2D eigenvalue weighted by molar-refractivity contribution is 7.77. The van der Waals surface area contributed by atoms with Crippen molar-refractivity contribution in [2.75, 3.05) is 26.7 Å². The molecule has 4 heterocycles. The Balaban J connectivity index is 1.24. The topological polar surface area (TPSA) is 172 Å². The lowest BCUT2D eigenvalue weighted by molar-refractivity contribution is -0.151. The van der Waals surface area contributed by atoms with Crippen LogP contribution in [0.4, 0.5) is 8.78 Å². The summed E-state index contributed by atoms with van der Waals surface area (Å²) in [6.07, 6.45) is 3.03. The average molecular weight is 851 g/mol. The maximum Gasteiger partial charge on any atom is 0.265 e. The molecule has 1 aromatic carbocycles. The summed E-state index contributed by atoms with van der Waals surface area (Å²) in [6.45, 7) is 10.3. The monoisotopic (exact) mass is 850 g/mol. The van der Waals surface area contributed by atoms with E-state index in [1.807, 2.05) is 25.1 Å². The number of aryl methyl sites for hydroxylation is 1. The predicted octanol–water partition coefficient (Wildman–Crippen LogP) is 5.46. The second-order valence-electron chi connectivity index (χ2n) is 17.5. The minimum atomic E-state index is -3.04. The summed E-state index contributed by atoms with van der Waals surface area (Å²) in [5, 5.41) is 3.51. The number of aromatic nitrogens is 2. The Hall–Kier alpha value is -5.03. The number of fused-ring (bicyclic) bond motifs is 1. The summed E-state index contributed by atoms with van der Waals surface area (Å²) in [4.78, 5) is 69.1. The van der Waals surface area contributed by atoms with E-state index in [2.05, 4.69) is 16.9 Å². The zero-order chi connectivity index (χ0) is 43.3. The third-order valence-electron chi connectivity index (χ3n) is 12.2. The molecule has 2 saturated carbocycles. The molecule has 14 nitrogen and oxygen atoms in total. The molecular weight excluding hydrogens is 799 g/mol. The van der Waals surface area contributed by atoms with Crippen LogP contribution in [0.25, 0.3) is 22.3 Å². The summed E-state index contributed by atoms with van der Waals surface area (Å²) in [7, 11) is 1.56. The number of hydrogen-bond donors (Lipinski definition) is 2. The van der Waals surface area contributed by atoms with E-state index in [-0.39, 0.29) is 45.2 Å². The molecule has 322 valence electrons. The van der Waals surface area contributed by atoms with E-state index < -0.39 is 88.3 Å². The molecule has 4 fully saturated rings. The second kappa shape index (κ2) is 16.4. The fourth-order valence-electron chi connectivity index (χ4n) is 8.53. The molecule has 2 aliphatic carbocycles. The lowest BCUT2D eigenvalue weighted by atomic mass is 9.77. The van der Waals surface area contributed by atoms with Gasteiger partial charge in [0.15, 0.2) is 0 Å². The Morgan fingerprint density at radius 2 is 1.90 bits per heavy atom. The van der Waals surface area contributed by atoms with Crippen LogP contribution >= 0.6 is 0 Å². The largest absolute Gasteiger partial charge is 0.496 e. The highest BCUT2D eigenvalue weighted by atomic mass is 32.2. The van der Waals surface area contributed by atoms with Gasteiger partial charge in [-0.25, -0.2) is 22.3 Å². The molecule has 0 spiro atoms. The number of methoxy groups -OCH3 is 1. The van der Waals surface area contributed by atoms with Crippen LogP contribution in [0.2, 0.25) is 0 Å². The first-order valence-corrected chi connectivity index (χ1v) is 21.4. The number of pyridine rings is 2. The van der Waals surface area contributed by atoms with Gasteiger partial charge in [0.1, 0.15) is 29.2 Å². The SMILES string of the molecule is C=C[C@@H]1CC1(NC(=O)[C@@H]1C[C@@H](Oc2cc(-c3ccccn3)nc3c(C)c(OC)ccc23)CN1C(=O)[C@@H](CC(=O)N1CCCC(F)(F)C1)C(C)(C)C)C(=O)N(C1CC1)S(=O)O. The summed E-state index contributed by atoms with van der Waals surface area (Å²) >= 11 is -2.63. The van der Waals surface area contributed by atoms with Crippen LogP contribution in [0.5, 0.6) is 11.5 Å². The van der Waals surface area contributed by atoms with Crippen LogP contribution in [0.15, 0.2) is 55.3 Å². The van der Waals surface area contributed by atoms with E-state index in [9.17, 15) is 36.7 Å². The van der Waals surface area contributed by atoms with Crippen LogP contribution < -0.4 is 14.8 Å². The Bertz CT molecular complexity index is 2220. The van der Waals surface area contributed by atoms with E-state index >= 15 is 0 Å². The smallest absolute Gasteiger partial charge is 0.265 e. The van der Waals surface area contributed by atoms with Crippen molar-refractivity contribution in [3.05, 3.63) is 60.8 Å². The number of likely N-dealkylation sites (tertiary alicyclic amines) is 2. The third kappa shape index (κ3) is 8.60. The first-order valence-electron chi connectivity index (χ1n) is 20.3. The Morgan fingerprint density at radius 3 is 2.50 bits per heavy atom. The molecule has 17 heteroatoms. The maximum absolute atomic E-state index is 14.9. The fraction of sp³-hybridized carbons (Fsp3) is 0.535. The standard InChI is InChI=1S/C43H52F2N6O8S/c1-7-26-22-43(26,40(55)51(60(56)57)27-12-13-27)48-38(53)33-19-28(23-50(33)39(54)30(41(3,4)5)20-36(52)49-18-10-16-42(44,45)24-49)59-35-21-32(31-11-8-9-17-46-31)47-37-25(2)34(58-6)15-14-29(35)37/h7-9,11,14-15,17,21,26-28,30,33H,1,10,12-13,16,18-20,22-24H2,2-6H3,(H,48,53)(H,56,57)/t26-,28-,30-,33+,43?/m1/s1. The van der Waals surface area contributed by atoms with Crippen molar-refractivity contribution in [3.63, 3.8) is 0 Å². The zero-order valence-electron chi connectivity index (χ0n) is 34.5. The summed E-state index contributed by atoms with van der Waals surface area (Å²) < 4.78 is 64.5. The zero-order valence-corrected chi connectivity index (χ0v) is 35.3. The van der Waals surface area contributed by atoms with Gasteiger partial charge in [-0.1, -0.05) is 32.9 Å². The molecule has 0 bridgehead atoms. The van der Waals surface area contributed by atoms with Gasteiger partial charge in [0, 0.05) is 61.0 Å². The first-order chi connectivity index (χ1) is 28.4. The highest BCUT2D eigenvalue weighted by Gasteiger charge is 2.64. The molecule has 0 radical (unpaired) electrons. The number of piperidine rings is 1. The van der Waals surface area contributed by atoms with Crippen molar-refractivity contribution in [1.82, 2.24) is 29.4 Å². The first kappa shape index (κ1) is 43.1. The second-order valence-corrected chi connectivity index (χ2v) is 18.3. The van der Waals surface area contributed by atoms with Gasteiger partial charge < -0.3 is 24.6 Å². The van der Waals surface area contributed by atoms with Crippen molar-refractivity contribution < 1.29 is 46.2 Å². The quantitative estimate of drug-likeness (QED) is 0.166. The molecule has 2 N–H and O–H groups in total. The Kier molecular flexibility index (Phi) is 11.8. The average Bonchev–Trinajstić information content (AvgIpc) is 4.12. The van der Waals surface area contributed by atoms with Gasteiger partial charge in [-0.3, -0.25) is 28.7 Å². The van der Waals surface area contributed by atoms with Crippen molar-refractivity contribution in [2.45, 2.75) is 102 Å². The summed E-state index contributed by atoms with van der Waals surface area (Å²) in [5.41, 5.74) is 0.0302. The number of nitrogens with zero attached hydrogens (tertiary/aromatic N) is 5. The molecule has 60 heavy (non-hydrogen) atoms. The lowest BCUT2D eigenvalue weighted by Crippen LogP contribution is -2.58. The van der Waals surface area contributed by atoms with Gasteiger partial charge in [-0.2, -0.15) is 0 Å². The molecule has 6 atom stereocenters. The van der Waals surface area contributed by atoms with Crippen LogP contribution in [0, 0.1) is 24.2 Å². The minimum Gasteiger partial charge on any atom is -0.496 e. The summed E-state index contributed by atoms with van der Waals surface area (Å²) in [6, 6.07) is 9.13. The van der Waals surface area contributed by atoms with Gasteiger partial charge >= 0.3 is 0 Å². The number of amides is 4. The highest BCUT2D eigenvalue weighted by Crippen LogP contribution is 2.48. The van der Waals surface area contributed by atoms with E-state index in [0.717, 1.165) is 14.8 Å². The number of alkyl halides is 2. The molecule has 4 aliphatic rings. The number of carbonyl (C=O) groups is 4. The number of carbonyl (C=O) groups excluding carboxylic acids is 4. The number of benzene rings is 1. The molecule has 2 aromatic heterocycles. The molecular formula is C43H52F2N6O8S.